The Morgan fingerprint density at radius 1 is 1.64 bits per heavy atom. The Kier molecular flexibility index (Phi) is 3.19. The van der Waals surface area contributed by atoms with Crippen molar-refractivity contribution in [2.45, 2.75) is 19.4 Å². The third kappa shape index (κ3) is 3.53. The SMILES string of the molecule is CC(C)(O)CNC(=O)c1cccnc1. The third-order valence-corrected chi connectivity index (χ3v) is 1.61. The first-order chi connectivity index (χ1) is 6.49. The highest BCUT2D eigenvalue weighted by Crippen LogP contribution is 1.99. The van der Waals surface area contributed by atoms with Crippen molar-refractivity contribution in [2.75, 3.05) is 6.54 Å². The zero-order valence-electron chi connectivity index (χ0n) is 8.32. The largest absolute Gasteiger partial charge is 0.389 e. The van der Waals surface area contributed by atoms with Crippen LogP contribution in [0.5, 0.6) is 0 Å². The maximum atomic E-state index is 11.4. The molecule has 1 heterocycles. The smallest absolute Gasteiger partial charge is 0.252 e. The quantitative estimate of drug-likeness (QED) is 0.740. The summed E-state index contributed by atoms with van der Waals surface area (Å²) in [4.78, 5) is 15.3. The van der Waals surface area contributed by atoms with Crippen molar-refractivity contribution in [2.24, 2.45) is 0 Å². The van der Waals surface area contributed by atoms with Crippen LogP contribution < -0.4 is 5.32 Å². The van der Waals surface area contributed by atoms with Crippen LogP contribution in [-0.2, 0) is 0 Å². The minimum atomic E-state index is -0.891. The van der Waals surface area contributed by atoms with E-state index in [2.05, 4.69) is 10.3 Å². The highest BCUT2D eigenvalue weighted by Gasteiger charge is 2.14. The van der Waals surface area contributed by atoms with E-state index in [9.17, 15) is 9.90 Å². The van der Waals surface area contributed by atoms with Gasteiger partial charge in [-0.15, -0.1) is 0 Å². The minimum absolute atomic E-state index is 0.222. The van der Waals surface area contributed by atoms with Crippen molar-refractivity contribution in [3.05, 3.63) is 30.1 Å². The lowest BCUT2D eigenvalue weighted by Crippen LogP contribution is -2.38. The molecule has 1 amide bonds. The van der Waals surface area contributed by atoms with Gasteiger partial charge in [0.1, 0.15) is 0 Å². The predicted octanol–water partition coefficient (Wildman–Crippen LogP) is 0.582. The Bertz CT molecular complexity index is 304. The molecule has 0 atom stereocenters. The molecule has 76 valence electrons. The fraction of sp³-hybridized carbons (Fsp3) is 0.400. The van der Waals surface area contributed by atoms with E-state index >= 15 is 0 Å². The molecule has 0 fully saturated rings. The van der Waals surface area contributed by atoms with Crippen molar-refractivity contribution in [3.63, 3.8) is 0 Å². The lowest BCUT2D eigenvalue weighted by Gasteiger charge is -2.17. The van der Waals surface area contributed by atoms with Gasteiger partial charge in [-0.1, -0.05) is 0 Å². The summed E-state index contributed by atoms with van der Waals surface area (Å²) in [6.07, 6.45) is 3.09. The number of aliphatic hydroxyl groups is 1. The molecular weight excluding hydrogens is 180 g/mol. The van der Waals surface area contributed by atoms with Gasteiger partial charge in [-0.25, -0.2) is 0 Å². The van der Waals surface area contributed by atoms with Crippen LogP contribution in [0, 0.1) is 0 Å². The number of pyridine rings is 1. The van der Waals surface area contributed by atoms with E-state index in [0.717, 1.165) is 0 Å². The lowest BCUT2D eigenvalue weighted by molar-refractivity contribution is 0.0694. The molecule has 1 aromatic rings. The number of carbonyl (C=O) groups excluding carboxylic acids is 1. The number of nitrogens with zero attached hydrogens (tertiary/aromatic N) is 1. The maximum absolute atomic E-state index is 11.4. The van der Waals surface area contributed by atoms with Crippen molar-refractivity contribution >= 4 is 5.91 Å². The molecule has 0 aliphatic carbocycles. The number of amides is 1. The Hall–Kier alpha value is -1.42. The molecule has 0 aromatic carbocycles. The van der Waals surface area contributed by atoms with Gasteiger partial charge >= 0.3 is 0 Å². The lowest BCUT2D eigenvalue weighted by atomic mass is 10.1. The normalized spacial score (nSPS) is 11.1. The minimum Gasteiger partial charge on any atom is -0.389 e. The van der Waals surface area contributed by atoms with Gasteiger partial charge in [0.2, 0.25) is 0 Å². The second-order valence-electron chi connectivity index (χ2n) is 3.74. The Labute approximate surface area is 83.0 Å². The number of aromatic nitrogens is 1. The van der Waals surface area contributed by atoms with Crippen LogP contribution in [0.2, 0.25) is 0 Å². The van der Waals surface area contributed by atoms with Gasteiger partial charge in [0.05, 0.1) is 11.2 Å². The third-order valence-electron chi connectivity index (χ3n) is 1.61. The van der Waals surface area contributed by atoms with Crippen molar-refractivity contribution < 1.29 is 9.90 Å². The highest BCUT2D eigenvalue weighted by molar-refractivity contribution is 5.93. The standard InChI is InChI=1S/C10H14N2O2/c1-10(2,14)7-12-9(13)8-4-3-5-11-6-8/h3-6,14H,7H2,1-2H3,(H,12,13). The fourth-order valence-corrected chi connectivity index (χ4v) is 0.896. The average molecular weight is 194 g/mol. The highest BCUT2D eigenvalue weighted by atomic mass is 16.3. The molecule has 0 spiro atoms. The Morgan fingerprint density at radius 2 is 2.36 bits per heavy atom. The monoisotopic (exact) mass is 194 g/mol. The number of hydrogen-bond donors (Lipinski definition) is 2. The van der Waals surface area contributed by atoms with E-state index < -0.39 is 5.60 Å². The predicted molar refractivity (Wildman–Crippen MR) is 52.9 cm³/mol. The molecule has 0 radical (unpaired) electrons. The van der Waals surface area contributed by atoms with E-state index in [1.807, 2.05) is 0 Å². The second-order valence-corrected chi connectivity index (χ2v) is 3.74. The average Bonchev–Trinajstić information content (AvgIpc) is 2.14. The number of rotatable bonds is 3. The van der Waals surface area contributed by atoms with Crippen LogP contribution in [0.4, 0.5) is 0 Å². The molecule has 0 bridgehead atoms. The topological polar surface area (TPSA) is 62.2 Å². The van der Waals surface area contributed by atoms with Crippen LogP contribution >= 0.6 is 0 Å². The summed E-state index contributed by atoms with van der Waals surface area (Å²) in [6.45, 7) is 3.49. The molecule has 0 aliphatic heterocycles. The molecule has 0 saturated heterocycles. The van der Waals surface area contributed by atoms with Gasteiger partial charge in [0.25, 0.3) is 5.91 Å². The molecule has 1 aromatic heterocycles. The molecule has 1 rings (SSSR count). The van der Waals surface area contributed by atoms with Crippen LogP contribution in [0.25, 0.3) is 0 Å². The van der Waals surface area contributed by atoms with E-state index in [-0.39, 0.29) is 12.5 Å². The van der Waals surface area contributed by atoms with Crippen LogP contribution in [-0.4, -0.2) is 28.1 Å². The molecule has 4 heteroatoms. The van der Waals surface area contributed by atoms with E-state index in [1.165, 1.54) is 6.20 Å². The zero-order valence-corrected chi connectivity index (χ0v) is 8.32. The van der Waals surface area contributed by atoms with Crippen molar-refractivity contribution in [3.8, 4) is 0 Å². The van der Waals surface area contributed by atoms with Crippen LogP contribution in [0.3, 0.4) is 0 Å². The van der Waals surface area contributed by atoms with Gasteiger partial charge in [0.15, 0.2) is 0 Å². The molecular formula is C10H14N2O2. The summed E-state index contributed by atoms with van der Waals surface area (Å²) in [5.41, 5.74) is -0.394. The van der Waals surface area contributed by atoms with Gasteiger partial charge in [-0.05, 0) is 26.0 Å². The first-order valence-corrected chi connectivity index (χ1v) is 4.40. The first kappa shape index (κ1) is 10.7. The van der Waals surface area contributed by atoms with Crippen molar-refractivity contribution in [1.29, 1.82) is 0 Å². The van der Waals surface area contributed by atoms with E-state index in [1.54, 1.807) is 32.2 Å². The second kappa shape index (κ2) is 4.19. The van der Waals surface area contributed by atoms with Crippen LogP contribution in [0.15, 0.2) is 24.5 Å². The molecule has 4 nitrogen and oxygen atoms in total. The molecule has 0 unspecified atom stereocenters. The number of carbonyl (C=O) groups is 1. The summed E-state index contributed by atoms with van der Waals surface area (Å²) < 4.78 is 0. The van der Waals surface area contributed by atoms with Gasteiger partial charge < -0.3 is 10.4 Å². The Balaban J connectivity index is 2.52. The summed E-state index contributed by atoms with van der Waals surface area (Å²) in [5.74, 6) is -0.222. The maximum Gasteiger partial charge on any atom is 0.252 e. The number of hydrogen-bond acceptors (Lipinski definition) is 3. The first-order valence-electron chi connectivity index (χ1n) is 4.40. The van der Waals surface area contributed by atoms with Gasteiger partial charge in [0, 0.05) is 18.9 Å². The summed E-state index contributed by atoms with van der Waals surface area (Å²) in [7, 11) is 0. The van der Waals surface area contributed by atoms with Crippen LogP contribution in [0.1, 0.15) is 24.2 Å². The fourth-order valence-electron chi connectivity index (χ4n) is 0.896. The molecule has 2 N–H and O–H groups in total. The molecule has 0 aliphatic rings. The number of nitrogens with one attached hydrogen (secondary N) is 1. The summed E-state index contributed by atoms with van der Waals surface area (Å²) in [6, 6.07) is 3.37. The van der Waals surface area contributed by atoms with Crippen molar-refractivity contribution in [1.82, 2.24) is 10.3 Å². The Morgan fingerprint density at radius 3 is 2.86 bits per heavy atom. The van der Waals surface area contributed by atoms with E-state index in [4.69, 9.17) is 0 Å². The molecule has 14 heavy (non-hydrogen) atoms. The summed E-state index contributed by atoms with van der Waals surface area (Å²) in [5, 5.41) is 12.0. The summed E-state index contributed by atoms with van der Waals surface area (Å²) >= 11 is 0. The van der Waals surface area contributed by atoms with Gasteiger partial charge in [-0.3, -0.25) is 9.78 Å². The van der Waals surface area contributed by atoms with E-state index in [0.29, 0.717) is 5.56 Å². The zero-order chi connectivity index (χ0) is 10.6. The molecule has 0 saturated carbocycles. The van der Waals surface area contributed by atoms with Gasteiger partial charge in [-0.2, -0.15) is 0 Å².